The average molecular weight is 300 g/mol. The van der Waals surface area contributed by atoms with Crippen LogP contribution in [0.1, 0.15) is 0 Å². The molecule has 0 saturated heterocycles. The van der Waals surface area contributed by atoms with Crippen molar-refractivity contribution in [3.8, 4) is 0 Å². The molecule has 0 amide bonds. The van der Waals surface area contributed by atoms with Crippen LogP contribution in [-0.2, 0) is 0 Å². The van der Waals surface area contributed by atoms with E-state index in [4.69, 9.17) is 23.1 Å². The smallest absolute Gasteiger partial charge is 0.0887 e. The van der Waals surface area contributed by atoms with Crippen LogP contribution in [0.3, 0.4) is 0 Å². The fourth-order valence-corrected chi connectivity index (χ4v) is 2.21. The highest BCUT2D eigenvalue weighted by molar-refractivity contribution is 9.11. The number of hydrogen-bond donors (Lipinski definition) is 2. The number of rotatable bonds is 0. The number of nitrogens with two attached hydrogens (primary N) is 2. The number of anilines is 2. The molecular weight excluding hydrogens is 295 g/mol. The lowest BCUT2D eigenvalue weighted by Gasteiger charge is -2.05. The molecule has 0 spiro atoms. The third-order valence-electron chi connectivity index (χ3n) is 1.24. The van der Waals surface area contributed by atoms with Crippen LogP contribution in [0.15, 0.2) is 15.0 Å². The summed E-state index contributed by atoms with van der Waals surface area (Å²) in [4.78, 5) is 0. The summed E-state index contributed by atoms with van der Waals surface area (Å²) < 4.78 is 1.48. The molecule has 60 valence electrons. The number of halogens is 3. The first-order chi connectivity index (χ1) is 5.04. The molecule has 0 bridgehead atoms. The highest BCUT2D eigenvalue weighted by Crippen LogP contribution is 2.37. The minimum Gasteiger partial charge on any atom is -0.397 e. The van der Waals surface area contributed by atoms with Gasteiger partial charge in [0, 0.05) is 8.95 Å². The van der Waals surface area contributed by atoms with Crippen molar-refractivity contribution in [1.82, 2.24) is 0 Å². The molecule has 0 saturated carbocycles. The highest BCUT2D eigenvalue weighted by atomic mass is 79.9. The van der Waals surface area contributed by atoms with Crippen LogP contribution in [0.5, 0.6) is 0 Å². The number of nitrogen functional groups attached to an aromatic ring is 2. The van der Waals surface area contributed by atoms with E-state index in [9.17, 15) is 0 Å². The van der Waals surface area contributed by atoms with Crippen LogP contribution in [0.2, 0.25) is 5.02 Å². The van der Waals surface area contributed by atoms with Crippen molar-refractivity contribution in [3.63, 3.8) is 0 Å². The third-order valence-corrected chi connectivity index (χ3v) is 2.96. The molecule has 1 aromatic rings. The van der Waals surface area contributed by atoms with E-state index in [0.29, 0.717) is 16.4 Å². The van der Waals surface area contributed by atoms with Gasteiger partial charge in [-0.3, -0.25) is 0 Å². The average Bonchev–Trinajstić information content (AvgIpc) is 1.97. The van der Waals surface area contributed by atoms with Gasteiger partial charge in [0.05, 0.1) is 16.4 Å². The summed E-state index contributed by atoms with van der Waals surface area (Å²) in [6.45, 7) is 0. The Morgan fingerprint density at radius 1 is 1.09 bits per heavy atom. The Morgan fingerprint density at radius 3 is 1.82 bits per heavy atom. The van der Waals surface area contributed by atoms with E-state index in [1.807, 2.05) is 0 Å². The van der Waals surface area contributed by atoms with Crippen LogP contribution in [-0.4, -0.2) is 0 Å². The van der Waals surface area contributed by atoms with Crippen molar-refractivity contribution < 1.29 is 0 Å². The first-order valence-electron chi connectivity index (χ1n) is 2.72. The van der Waals surface area contributed by atoms with Gasteiger partial charge in [-0.1, -0.05) is 11.6 Å². The second-order valence-electron chi connectivity index (χ2n) is 1.98. The largest absolute Gasteiger partial charge is 0.397 e. The van der Waals surface area contributed by atoms with Gasteiger partial charge in [0.2, 0.25) is 0 Å². The molecule has 0 atom stereocenters. The summed E-state index contributed by atoms with van der Waals surface area (Å²) in [7, 11) is 0. The molecule has 1 aromatic carbocycles. The van der Waals surface area contributed by atoms with Gasteiger partial charge in [-0.15, -0.1) is 0 Å². The molecule has 0 fully saturated rings. The Kier molecular flexibility index (Phi) is 2.67. The lowest BCUT2D eigenvalue weighted by atomic mass is 10.3. The normalized spacial score (nSPS) is 10.1. The second-order valence-corrected chi connectivity index (χ2v) is 4.07. The molecule has 0 radical (unpaired) electrons. The zero-order valence-corrected chi connectivity index (χ0v) is 9.29. The Bertz CT molecular complexity index is 275. The van der Waals surface area contributed by atoms with E-state index in [1.54, 1.807) is 6.07 Å². The summed E-state index contributed by atoms with van der Waals surface area (Å²) in [5, 5.41) is 0.381. The number of benzene rings is 1. The van der Waals surface area contributed by atoms with Crippen molar-refractivity contribution in [2.24, 2.45) is 0 Å². The summed E-state index contributed by atoms with van der Waals surface area (Å²) in [6, 6.07) is 1.76. The second kappa shape index (κ2) is 3.21. The molecule has 0 aromatic heterocycles. The molecule has 4 N–H and O–H groups in total. The zero-order valence-electron chi connectivity index (χ0n) is 5.37. The summed E-state index contributed by atoms with van der Waals surface area (Å²) >= 11 is 12.3. The standard InChI is InChI=1S/C6H5Br2ClN2/c7-2-1-3(8)6(11)4(9)5(2)10/h1H,10-11H2. The Labute approximate surface area is 86.1 Å². The Balaban J connectivity index is 3.46. The van der Waals surface area contributed by atoms with Gasteiger partial charge in [0.25, 0.3) is 0 Å². The molecule has 11 heavy (non-hydrogen) atoms. The fraction of sp³-hybridized carbons (Fsp3) is 0. The van der Waals surface area contributed by atoms with E-state index in [0.717, 1.165) is 8.95 Å². The lowest BCUT2D eigenvalue weighted by molar-refractivity contribution is 1.58. The zero-order chi connectivity index (χ0) is 8.59. The molecule has 1 rings (SSSR count). The summed E-state index contributed by atoms with van der Waals surface area (Å²) in [5.41, 5.74) is 12.1. The molecule has 0 aliphatic rings. The van der Waals surface area contributed by atoms with Gasteiger partial charge in [0.1, 0.15) is 0 Å². The minimum absolute atomic E-state index is 0.381. The molecule has 0 unspecified atom stereocenters. The highest BCUT2D eigenvalue weighted by Gasteiger charge is 2.08. The maximum atomic E-state index is 5.78. The SMILES string of the molecule is Nc1c(Br)cc(Br)c(N)c1Cl. The van der Waals surface area contributed by atoms with Gasteiger partial charge in [-0.2, -0.15) is 0 Å². The summed E-state index contributed by atoms with van der Waals surface area (Å²) in [6.07, 6.45) is 0. The maximum Gasteiger partial charge on any atom is 0.0887 e. The first kappa shape index (κ1) is 9.16. The van der Waals surface area contributed by atoms with E-state index in [2.05, 4.69) is 31.9 Å². The van der Waals surface area contributed by atoms with E-state index < -0.39 is 0 Å². The first-order valence-corrected chi connectivity index (χ1v) is 4.69. The van der Waals surface area contributed by atoms with Crippen LogP contribution in [0, 0.1) is 0 Å². The maximum absolute atomic E-state index is 5.78. The van der Waals surface area contributed by atoms with Crippen LogP contribution >= 0.6 is 43.5 Å². The fourth-order valence-electron chi connectivity index (χ4n) is 0.622. The monoisotopic (exact) mass is 298 g/mol. The Hall–Kier alpha value is 0.0700. The van der Waals surface area contributed by atoms with Crippen LogP contribution in [0.4, 0.5) is 11.4 Å². The quantitative estimate of drug-likeness (QED) is 0.724. The van der Waals surface area contributed by atoms with Gasteiger partial charge in [0.15, 0.2) is 0 Å². The van der Waals surface area contributed by atoms with E-state index >= 15 is 0 Å². The molecular formula is C6H5Br2ClN2. The van der Waals surface area contributed by atoms with Crippen LogP contribution < -0.4 is 11.5 Å². The van der Waals surface area contributed by atoms with Crippen molar-refractivity contribution in [3.05, 3.63) is 20.0 Å². The van der Waals surface area contributed by atoms with Crippen molar-refractivity contribution in [2.45, 2.75) is 0 Å². The summed E-state index contributed by atoms with van der Waals surface area (Å²) in [5.74, 6) is 0. The van der Waals surface area contributed by atoms with E-state index in [1.165, 1.54) is 0 Å². The molecule has 0 aliphatic heterocycles. The predicted molar refractivity (Wildman–Crippen MR) is 55.7 cm³/mol. The minimum atomic E-state index is 0.381. The van der Waals surface area contributed by atoms with Crippen molar-refractivity contribution in [1.29, 1.82) is 0 Å². The molecule has 0 heterocycles. The van der Waals surface area contributed by atoms with Gasteiger partial charge < -0.3 is 11.5 Å². The van der Waals surface area contributed by atoms with Crippen molar-refractivity contribution in [2.75, 3.05) is 11.5 Å². The molecule has 0 aliphatic carbocycles. The lowest BCUT2D eigenvalue weighted by Crippen LogP contribution is -1.94. The van der Waals surface area contributed by atoms with E-state index in [-0.39, 0.29) is 0 Å². The predicted octanol–water partition coefficient (Wildman–Crippen LogP) is 3.03. The molecule has 5 heteroatoms. The van der Waals surface area contributed by atoms with Gasteiger partial charge in [-0.05, 0) is 37.9 Å². The van der Waals surface area contributed by atoms with Gasteiger partial charge >= 0.3 is 0 Å². The number of hydrogen-bond acceptors (Lipinski definition) is 2. The third kappa shape index (κ3) is 1.63. The molecule has 2 nitrogen and oxygen atoms in total. The van der Waals surface area contributed by atoms with Gasteiger partial charge in [-0.25, -0.2) is 0 Å². The topological polar surface area (TPSA) is 52.0 Å². The van der Waals surface area contributed by atoms with Crippen LogP contribution in [0.25, 0.3) is 0 Å². The Morgan fingerprint density at radius 2 is 1.45 bits per heavy atom. The van der Waals surface area contributed by atoms with Crippen molar-refractivity contribution >= 4 is 54.8 Å².